The van der Waals surface area contributed by atoms with Crippen LogP contribution in [0.4, 0.5) is 0 Å². The van der Waals surface area contributed by atoms with Gasteiger partial charge in [0.2, 0.25) is 0 Å². The second-order valence-electron chi connectivity index (χ2n) is 3.83. The van der Waals surface area contributed by atoms with Gasteiger partial charge >= 0.3 is 0 Å². The molecule has 0 aliphatic carbocycles. The van der Waals surface area contributed by atoms with E-state index in [1.165, 1.54) is 10.8 Å². The van der Waals surface area contributed by atoms with Crippen LogP contribution in [0.5, 0.6) is 0 Å². The van der Waals surface area contributed by atoms with Crippen molar-refractivity contribution in [2.24, 2.45) is 11.5 Å². The molecule has 0 bridgehead atoms. The van der Waals surface area contributed by atoms with Gasteiger partial charge in [-0.25, -0.2) is 4.98 Å². The summed E-state index contributed by atoms with van der Waals surface area (Å²) >= 11 is 0. The lowest BCUT2D eigenvalue weighted by atomic mass is 10.1. The summed E-state index contributed by atoms with van der Waals surface area (Å²) in [6.45, 7) is 0. The molecule has 0 radical (unpaired) electrons. The number of benzene rings is 2. The van der Waals surface area contributed by atoms with Crippen molar-refractivity contribution in [1.29, 1.82) is 5.41 Å². The van der Waals surface area contributed by atoms with E-state index < -0.39 is 0 Å². The van der Waals surface area contributed by atoms with Crippen molar-refractivity contribution in [1.82, 2.24) is 4.98 Å². The zero-order valence-corrected chi connectivity index (χ0v) is 9.80. The molecule has 3 rings (SSSR count). The van der Waals surface area contributed by atoms with Crippen LogP contribution in [0.3, 0.4) is 0 Å². The maximum absolute atomic E-state index is 6.06. The number of hydrogen-bond acceptors (Lipinski definition) is 2. The van der Waals surface area contributed by atoms with Gasteiger partial charge < -0.3 is 11.5 Å². The molecule has 3 aromatic rings. The summed E-state index contributed by atoms with van der Waals surface area (Å²) in [7, 11) is 0. The average molecular weight is 238 g/mol. The largest absolute Gasteiger partial charge is 0.370 e. The van der Waals surface area contributed by atoms with Crippen LogP contribution in [0, 0.1) is 5.41 Å². The van der Waals surface area contributed by atoms with Crippen molar-refractivity contribution in [3.63, 3.8) is 0 Å². The monoisotopic (exact) mass is 238 g/mol. The molecule has 5 N–H and O–H groups in total. The van der Waals surface area contributed by atoms with E-state index >= 15 is 0 Å². The third kappa shape index (κ3) is 2.74. The van der Waals surface area contributed by atoms with Gasteiger partial charge in [-0.15, -0.1) is 0 Å². The van der Waals surface area contributed by atoms with Crippen LogP contribution in [0.25, 0.3) is 21.8 Å². The van der Waals surface area contributed by atoms with Crippen LogP contribution in [0.1, 0.15) is 0 Å². The average Bonchev–Trinajstić information content (AvgIpc) is 2.35. The second kappa shape index (κ2) is 5.14. The summed E-state index contributed by atoms with van der Waals surface area (Å²) in [5.74, 6) is -0.333. The first-order valence-corrected chi connectivity index (χ1v) is 5.51. The molecule has 0 saturated heterocycles. The highest BCUT2D eigenvalue weighted by molar-refractivity contribution is 5.92. The summed E-state index contributed by atoms with van der Waals surface area (Å²) in [4.78, 5) is 4.58. The highest BCUT2D eigenvalue weighted by Crippen LogP contribution is 2.18. The van der Waals surface area contributed by atoms with E-state index in [0.29, 0.717) is 0 Å². The molecule has 4 heteroatoms. The normalized spacial score (nSPS) is 9.78. The number of nitrogens with zero attached hydrogens (tertiary/aromatic N) is 1. The van der Waals surface area contributed by atoms with Crippen molar-refractivity contribution >= 4 is 27.8 Å². The van der Waals surface area contributed by atoms with Crippen LogP contribution in [-0.4, -0.2) is 10.9 Å². The Morgan fingerprint density at radius 2 is 1.22 bits per heavy atom. The predicted octanol–water partition coefficient (Wildman–Crippen LogP) is 2.23. The standard InChI is InChI=1S/C13H9N.CH5N3/c1-3-7-12-10(5-1)9-11-6-2-4-8-13(11)14-12;2-1(3)4/h1-9H;(H5,2,3,4). The minimum absolute atomic E-state index is 0.333. The van der Waals surface area contributed by atoms with E-state index in [9.17, 15) is 0 Å². The van der Waals surface area contributed by atoms with Crippen molar-refractivity contribution in [3.05, 3.63) is 54.6 Å². The number of nitrogens with two attached hydrogens (primary N) is 2. The minimum atomic E-state index is -0.333. The van der Waals surface area contributed by atoms with Gasteiger partial charge in [-0.2, -0.15) is 0 Å². The number of guanidine groups is 1. The number of nitrogens with one attached hydrogen (secondary N) is 1. The Balaban J connectivity index is 0.000000267. The zero-order valence-electron chi connectivity index (χ0n) is 9.80. The quantitative estimate of drug-likeness (QED) is 0.319. The third-order valence-electron chi connectivity index (χ3n) is 2.43. The van der Waals surface area contributed by atoms with Gasteiger partial charge in [-0.05, 0) is 18.2 Å². The van der Waals surface area contributed by atoms with E-state index in [1.807, 2.05) is 36.4 Å². The van der Waals surface area contributed by atoms with Crippen molar-refractivity contribution in [2.45, 2.75) is 0 Å². The molecule has 2 aromatic carbocycles. The molecule has 18 heavy (non-hydrogen) atoms. The first kappa shape index (κ1) is 11.9. The number of aromatic nitrogens is 1. The maximum atomic E-state index is 6.06. The maximum Gasteiger partial charge on any atom is 0.183 e. The van der Waals surface area contributed by atoms with Gasteiger partial charge in [0.25, 0.3) is 0 Å². The summed E-state index contributed by atoms with van der Waals surface area (Å²) in [6.07, 6.45) is 0. The zero-order chi connectivity index (χ0) is 13.0. The second-order valence-corrected chi connectivity index (χ2v) is 3.83. The van der Waals surface area contributed by atoms with E-state index in [1.54, 1.807) is 0 Å². The lowest BCUT2D eigenvalue weighted by molar-refractivity contribution is 1.39. The molecule has 1 heterocycles. The van der Waals surface area contributed by atoms with Crippen LogP contribution >= 0.6 is 0 Å². The Morgan fingerprint density at radius 1 is 0.833 bits per heavy atom. The topological polar surface area (TPSA) is 88.8 Å². The molecule has 0 saturated carbocycles. The van der Waals surface area contributed by atoms with Gasteiger partial charge in [-0.1, -0.05) is 36.4 Å². The Bertz CT molecular complexity index is 582. The Morgan fingerprint density at radius 3 is 1.67 bits per heavy atom. The molecule has 1 aromatic heterocycles. The fourth-order valence-corrected chi connectivity index (χ4v) is 1.72. The number of pyridine rings is 1. The predicted molar refractivity (Wildman–Crippen MR) is 75.4 cm³/mol. The van der Waals surface area contributed by atoms with Crippen LogP contribution in [0.15, 0.2) is 54.6 Å². The highest BCUT2D eigenvalue weighted by Gasteiger charge is 1.96. The summed E-state index contributed by atoms with van der Waals surface area (Å²) < 4.78 is 0. The lowest BCUT2D eigenvalue weighted by Crippen LogP contribution is -2.20. The van der Waals surface area contributed by atoms with Gasteiger partial charge in [0.15, 0.2) is 5.96 Å². The van der Waals surface area contributed by atoms with Gasteiger partial charge in [0, 0.05) is 10.8 Å². The fraction of sp³-hybridized carbons (Fsp3) is 0. The Hall–Kier alpha value is -2.62. The van der Waals surface area contributed by atoms with Gasteiger partial charge in [0.05, 0.1) is 11.0 Å². The van der Waals surface area contributed by atoms with Crippen LogP contribution in [0.2, 0.25) is 0 Å². The van der Waals surface area contributed by atoms with Crippen LogP contribution < -0.4 is 11.5 Å². The molecule has 0 fully saturated rings. The van der Waals surface area contributed by atoms with Gasteiger partial charge in [-0.3, -0.25) is 5.41 Å². The number of rotatable bonds is 0. The molecule has 0 atom stereocenters. The number of fused-ring (bicyclic) bond motifs is 2. The SMILES string of the molecule is N=C(N)N.c1ccc2nc3ccccc3cc2c1. The van der Waals surface area contributed by atoms with E-state index in [4.69, 9.17) is 5.41 Å². The minimum Gasteiger partial charge on any atom is -0.370 e. The van der Waals surface area contributed by atoms with Crippen LogP contribution in [-0.2, 0) is 0 Å². The molecule has 0 amide bonds. The Kier molecular flexibility index (Phi) is 3.38. The first-order chi connectivity index (χ1) is 8.66. The molecule has 90 valence electrons. The smallest absolute Gasteiger partial charge is 0.183 e. The van der Waals surface area contributed by atoms with Crippen molar-refractivity contribution < 1.29 is 0 Å². The lowest BCUT2D eigenvalue weighted by Gasteiger charge is -1.99. The molecular weight excluding hydrogens is 224 g/mol. The molecule has 0 spiro atoms. The fourth-order valence-electron chi connectivity index (χ4n) is 1.72. The summed E-state index contributed by atoms with van der Waals surface area (Å²) in [6, 6.07) is 18.6. The highest BCUT2D eigenvalue weighted by atomic mass is 14.9. The van der Waals surface area contributed by atoms with Crippen molar-refractivity contribution in [2.75, 3.05) is 0 Å². The Labute approximate surface area is 105 Å². The molecule has 0 unspecified atom stereocenters. The molecular formula is C14H14N4. The summed E-state index contributed by atoms with van der Waals surface area (Å²) in [5.41, 5.74) is 11.1. The first-order valence-electron chi connectivity index (χ1n) is 5.51. The van der Waals surface area contributed by atoms with E-state index in [0.717, 1.165) is 11.0 Å². The van der Waals surface area contributed by atoms with Crippen molar-refractivity contribution in [3.8, 4) is 0 Å². The third-order valence-corrected chi connectivity index (χ3v) is 2.43. The molecule has 0 aliphatic rings. The van der Waals surface area contributed by atoms with E-state index in [-0.39, 0.29) is 5.96 Å². The molecule has 4 nitrogen and oxygen atoms in total. The summed E-state index contributed by atoms with van der Waals surface area (Å²) in [5, 5.41) is 8.46. The van der Waals surface area contributed by atoms with E-state index in [2.05, 4.69) is 34.7 Å². The number of para-hydroxylation sites is 2. The number of hydrogen-bond donors (Lipinski definition) is 3. The van der Waals surface area contributed by atoms with Gasteiger partial charge in [0.1, 0.15) is 0 Å². The molecule has 0 aliphatic heterocycles.